The van der Waals surface area contributed by atoms with Crippen molar-refractivity contribution in [2.24, 2.45) is 0 Å². The Hall–Kier alpha value is -3.87. The van der Waals surface area contributed by atoms with Gasteiger partial charge in [0.05, 0.1) is 25.9 Å². The highest BCUT2D eigenvalue weighted by Gasteiger charge is 2.52. The Balaban J connectivity index is 1.41. The first-order valence-electron chi connectivity index (χ1n) is 16.8. The molecule has 3 aliphatic rings. The van der Waals surface area contributed by atoms with E-state index in [2.05, 4.69) is 0 Å². The fraction of sp³-hybridized carbons (Fsp3) is 0.559. The summed E-state index contributed by atoms with van der Waals surface area (Å²) in [5, 5.41) is 115. The minimum absolute atomic E-state index is 0.0468. The number of phenolic OH excluding ortho intramolecular Hbond substituents is 3. The predicted molar refractivity (Wildman–Crippen MR) is 176 cm³/mol. The lowest BCUT2D eigenvalue weighted by atomic mass is 9.97. The number of benzene rings is 2. The molecule has 11 N–H and O–H groups in total. The molecule has 6 rings (SSSR count). The highest BCUT2D eigenvalue weighted by atomic mass is 16.8. The molecule has 0 saturated carbocycles. The summed E-state index contributed by atoms with van der Waals surface area (Å²) >= 11 is 0. The summed E-state index contributed by atoms with van der Waals surface area (Å²) in [5.74, 6) is -2.63. The molecule has 20 heteroatoms. The van der Waals surface area contributed by atoms with Gasteiger partial charge in [0.1, 0.15) is 77.4 Å². The van der Waals surface area contributed by atoms with E-state index in [-0.39, 0.29) is 28.4 Å². The van der Waals surface area contributed by atoms with Crippen molar-refractivity contribution in [3.8, 4) is 40.1 Å². The van der Waals surface area contributed by atoms with Crippen LogP contribution in [0.25, 0.3) is 22.3 Å². The lowest BCUT2D eigenvalue weighted by molar-refractivity contribution is -0.360. The lowest BCUT2D eigenvalue weighted by Crippen LogP contribution is -2.65. The van der Waals surface area contributed by atoms with E-state index < -0.39 is 127 Å². The predicted octanol–water partition coefficient (Wildman–Crippen LogP) is -2.53. The molecule has 1 aromatic heterocycles. The first-order valence-corrected chi connectivity index (χ1v) is 16.8. The third-order valence-electron chi connectivity index (χ3n) is 9.57. The molecule has 0 amide bonds. The summed E-state index contributed by atoms with van der Waals surface area (Å²) in [7, 11) is 1.26. The van der Waals surface area contributed by atoms with Crippen LogP contribution in [0.3, 0.4) is 0 Å². The standard InChI is InChI=1S/C34H42O20/c1-10-20(38)24(42)27(45)32(49-10)48-9-18-22(40)26(44)31(54-33-28(46)25(43)21(39)11(2)50-33)34(52-18)53-30-23(41)19-15(37)7-13(35)8-17(19)51-29(30)12-4-5-14(36)16(6-12)47-3/h4-8,10-11,18,20-22,24-28,31-40,42-46H,9H2,1-3H3/t10-,11-,18+,20-,21-,22+,24+,25+,26-,27+,28+,31+,32+,33+,34?/m1/s1. The SMILES string of the molecule is COc1cc(-c2oc3cc(O)cc(O)c3c(=O)c2OC2O[C@@H](CO[C@H]3O[C@H](C)[C@@H](O)[C@H](O)[C@@H]3O)[C@H](O)[C@@H](O)[C@@H]2O[C@@H]2O[C@H](C)[C@@H](O)[C@H](O)[C@@H]2O)ccc1O. The Morgan fingerprint density at radius 1 is 0.685 bits per heavy atom. The van der Waals surface area contributed by atoms with Crippen molar-refractivity contribution in [1.82, 2.24) is 0 Å². The number of fused-ring (bicyclic) bond motifs is 1. The summed E-state index contributed by atoms with van der Waals surface area (Å²) in [5.41, 5.74) is -1.31. The summed E-state index contributed by atoms with van der Waals surface area (Å²) in [6, 6.07) is 5.69. The minimum atomic E-state index is -2.02. The number of aromatic hydroxyl groups is 3. The molecule has 0 spiro atoms. The number of aliphatic hydroxyl groups excluding tert-OH is 8. The van der Waals surface area contributed by atoms with Gasteiger partial charge < -0.3 is 93.7 Å². The molecule has 0 bridgehead atoms. The van der Waals surface area contributed by atoms with E-state index in [0.717, 1.165) is 12.1 Å². The Morgan fingerprint density at radius 3 is 1.96 bits per heavy atom. The molecule has 3 fully saturated rings. The zero-order valence-electron chi connectivity index (χ0n) is 28.8. The molecular formula is C34H42O20. The Kier molecular flexibility index (Phi) is 11.6. The van der Waals surface area contributed by atoms with Gasteiger partial charge in [-0.25, -0.2) is 0 Å². The van der Waals surface area contributed by atoms with Gasteiger partial charge in [0.15, 0.2) is 35.9 Å². The molecule has 298 valence electrons. The third kappa shape index (κ3) is 7.41. The molecule has 2 aromatic carbocycles. The Bertz CT molecular complexity index is 1850. The van der Waals surface area contributed by atoms with Gasteiger partial charge in [0, 0.05) is 17.7 Å². The smallest absolute Gasteiger partial charge is 0.239 e. The van der Waals surface area contributed by atoms with Crippen LogP contribution in [0.4, 0.5) is 0 Å². The minimum Gasteiger partial charge on any atom is -0.508 e. The third-order valence-corrected chi connectivity index (χ3v) is 9.57. The van der Waals surface area contributed by atoms with Crippen LogP contribution in [0.15, 0.2) is 39.5 Å². The molecule has 4 heterocycles. The fourth-order valence-electron chi connectivity index (χ4n) is 6.40. The topological polar surface area (TPSA) is 317 Å². The molecule has 3 saturated heterocycles. The highest BCUT2D eigenvalue weighted by molar-refractivity contribution is 5.88. The van der Waals surface area contributed by atoms with Gasteiger partial charge in [-0.1, -0.05) is 0 Å². The summed E-state index contributed by atoms with van der Waals surface area (Å²) in [4.78, 5) is 14.2. The maximum atomic E-state index is 14.2. The number of ether oxygens (including phenoxy) is 7. The van der Waals surface area contributed by atoms with E-state index in [1.54, 1.807) is 0 Å². The molecule has 20 nitrogen and oxygen atoms in total. The van der Waals surface area contributed by atoms with Gasteiger partial charge in [-0.05, 0) is 32.0 Å². The second-order valence-corrected chi connectivity index (χ2v) is 13.3. The van der Waals surface area contributed by atoms with Gasteiger partial charge >= 0.3 is 0 Å². The highest BCUT2D eigenvalue weighted by Crippen LogP contribution is 2.40. The van der Waals surface area contributed by atoms with E-state index in [0.29, 0.717) is 0 Å². The van der Waals surface area contributed by atoms with Gasteiger partial charge in [0.25, 0.3) is 0 Å². The van der Waals surface area contributed by atoms with Crippen molar-refractivity contribution in [2.75, 3.05) is 13.7 Å². The van der Waals surface area contributed by atoms with Crippen LogP contribution in [0.2, 0.25) is 0 Å². The van der Waals surface area contributed by atoms with Crippen LogP contribution in [0, 0.1) is 0 Å². The van der Waals surface area contributed by atoms with Crippen molar-refractivity contribution >= 4 is 11.0 Å². The number of hydrogen-bond donors (Lipinski definition) is 11. The Labute approximate surface area is 305 Å². The summed E-state index contributed by atoms with van der Waals surface area (Å²) in [6.07, 6.45) is -24.9. The van der Waals surface area contributed by atoms with Crippen LogP contribution >= 0.6 is 0 Å². The van der Waals surface area contributed by atoms with Crippen LogP contribution in [-0.4, -0.2) is 162 Å². The van der Waals surface area contributed by atoms with Crippen LogP contribution in [0.1, 0.15) is 13.8 Å². The Morgan fingerprint density at radius 2 is 1.31 bits per heavy atom. The van der Waals surface area contributed by atoms with E-state index in [9.17, 15) is 61.0 Å². The monoisotopic (exact) mass is 770 g/mol. The number of phenols is 3. The molecule has 3 aliphatic heterocycles. The first kappa shape index (κ1) is 39.8. The first-order chi connectivity index (χ1) is 25.5. The van der Waals surface area contributed by atoms with E-state index in [1.165, 1.54) is 39.2 Å². The van der Waals surface area contributed by atoms with Crippen LogP contribution in [0.5, 0.6) is 28.7 Å². The molecule has 15 atom stereocenters. The average Bonchev–Trinajstić information content (AvgIpc) is 3.13. The number of rotatable bonds is 9. The quantitative estimate of drug-likeness (QED) is 0.107. The van der Waals surface area contributed by atoms with Crippen molar-refractivity contribution in [1.29, 1.82) is 0 Å². The largest absolute Gasteiger partial charge is 0.508 e. The van der Waals surface area contributed by atoms with Gasteiger partial charge in [0.2, 0.25) is 17.5 Å². The maximum Gasteiger partial charge on any atom is 0.239 e. The number of methoxy groups -OCH3 is 1. The van der Waals surface area contributed by atoms with Crippen molar-refractivity contribution in [3.63, 3.8) is 0 Å². The van der Waals surface area contributed by atoms with E-state index in [4.69, 9.17) is 37.6 Å². The molecule has 1 unspecified atom stereocenters. The summed E-state index contributed by atoms with van der Waals surface area (Å²) < 4.78 is 45.6. The van der Waals surface area contributed by atoms with Gasteiger partial charge in [-0.2, -0.15) is 0 Å². The van der Waals surface area contributed by atoms with E-state index >= 15 is 0 Å². The fourth-order valence-corrected chi connectivity index (χ4v) is 6.40. The number of aliphatic hydroxyl groups is 8. The molecule has 54 heavy (non-hydrogen) atoms. The molecule has 0 radical (unpaired) electrons. The summed E-state index contributed by atoms with van der Waals surface area (Å²) in [6.45, 7) is 2.09. The van der Waals surface area contributed by atoms with Gasteiger partial charge in [-0.3, -0.25) is 4.79 Å². The normalized spacial score (nSPS) is 37.3. The van der Waals surface area contributed by atoms with Gasteiger partial charge in [-0.15, -0.1) is 0 Å². The second-order valence-electron chi connectivity index (χ2n) is 13.3. The second kappa shape index (κ2) is 15.7. The average molecular weight is 771 g/mol. The van der Waals surface area contributed by atoms with Crippen LogP contribution in [-0.2, 0) is 23.7 Å². The maximum absolute atomic E-state index is 14.2. The molecule has 3 aromatic rings. The zero-order chi connectivity index (χ0) is 39.3. The zero-order valence-corrected chi connectivity index (χ0v) is 28.8. The van der Waals surface area contributed by atoms with Crippen molar-refractivity contribution < 1.29 is 93.7 Å². The molecular weight excluding hydrogens is 728 g/mol. The van der Waals surface area contributed by atoms with Crippen molar-refractivity contribution in [2.45, 2.75) is 106 Å². The lowest BCUT2D eigenvalue weighted by Gasteiger charge is -2.46. The van der Waals surface area contributed by atoms with E-state index in [1.807, 2.05) is 0 Å². The molecule has 0 aliphatic carbocycles. The van der Waals surface area contributed by atoms with Crippen molar-refractivity contribution in [3.05, 3.63) is 40.6 Å². The number of hydrogen-bond acceptors (Lipinski definition) is 20. The van der Waals surface area contributed by atoms with Crippen LogP contribution < -0.4 is 14.9 Å².